The van der Waals surface area contributed by atoms with Crippen LogP contribution in [-0.4, -0.2) is 24.3 Å². The molecular weight excluding hydrogens is 459 g/mol. The first-order chi connectivity index (χ1) is 14.7. The van der Waals surface area contributed by atoms with Crippen molar-refractivity contribution in [3.63, 3.8) is 0 Å². The Kier molecular flexibility index (Phi) is 5.72. The van der Waals surface area contributed by atoms with E-state index in [-0.39, 0.29) is 11.4 Å². The number of rotatable bonds is 6. The molecule has 0 radical (unpaired) electrons. The summed E-state index contributed by atoms with van der Waals surface area (Å²) in [6, 6.07) is 16.2. The summed E-state index contributed by atoms with van der Waals surface area (Å²) in [7, 11) is -3.73. The van der Waals surface area contributed by atoms with Gasteiger partial charge in [0.15, 0.2) is 0 Å². The highest BCUT2D eigenvalue weighted by atomic mass is 35.5. The molecule has 0 saturated carbocycles. The van der Waals surface area contributed by atoms with Gasteiger partial charge in [0.2, 0.25) is 15.9 Å². The number of imidazole rings is 1. The van der Waals surface area contributed by atoms with Crippen molar-refractivity contribution in [3.8, 4) is 11.4 Å². The molecule has 0 spiro atoms. The molecule has 4 aromatic rings. The molecule has 0 fully saturated rings. The molecule has 4 N–H and O–H groups in total. The second-order valence-electron chi connectivity index (χ2n) is 6.78. The number of halogens is 2. The van der Waals surface area contributed by atoms with Crippen molar-refractivity contribution in [1.82, 2.24) is 14.7 Å². The number of amides is 1. The number of nitrogens with one attached hydrogen (secondary N) is 2. The van der Waals surface area contributed by atoms with E-state index < -0.39 is 15.9 Å². The summed E-state index contributed by atoms with van der Waals surface area (Å²) in [5.41, 5.74) is 8.37. The van der Waals surface area contributed by atoms with Gasteiger partial charge in [-0.3, -0.25) is 4.79 Å². The largest absolute Gasteiger partial charge is 0.366 e. The Balaban J connectivity index is 1.53. The number of hydrogen-bond acceptors (Lipinski definition) is 4. The number of benzene rings is 3. The number of fused-ring (bicyclic) bond motifs is 1. The maximum Gasteiger partial charge on any atom is 0.248 e. The number of aromatic amines is 1. The molecule has 1 aromatic heterocycles. The lowest BCUT2D eigenvalue weighted by Gasteiger charge is -2.08. The Labute approximate surface area is 188 Å². The SMILES string of the molecule is NC(=O)c1ccc2[nH]c(-c3ccc(S(=O)(=O)NCc4ccc(Cl)c(Cl)c4)cc3)nc2c1. The van der Waals surface area contributed by atoms with E-state index in [4.69, 9.17) is 28.9 Å². The van der Waals surface area contributed by atoms with Crippen LogP contribution < -0.4 is 10.5 Å². The molecule has 10 heteroatoms. The predicted octanol–water partition coefficient (Wildman–Crippen LogP) is 4.11. The number of sulfonamides is 1. The number of nitrogens with zero attached hydrogens (tertiary/aromatic N) is 1. The Hall–Kier alpha value is -2.91. The maximum absolute atomic E-state index is 12.6. The monoisotopic (exact) mass is 474 g/mol. The third-order valence-electron chi connectivity index (χ3n) is 4.66. The van der Waals surface area contributed by atoms with Crippen molar-refractivity contribution in [3.05, 3.63) is 81.8 Å². The molecular formula is C21H16Cl2N4O3S. The molecule has 0 aliphatic carbocycles. The third-order valence-corrected chi connectivity index (χ3v) is 6.81. The lowest BCUT2D eigenvalue weighted by Crippen LogP contribution is -2.23. The number of hydrogen-bond donors (Lipinski definition) is 3. The molecule has 0 atom stereocenters. The zero-order chi connectivity index (χ0) is 22.2. The number of aromatic nitrogens is 2. The Bertz CT molecular complexity index is 1400. The van der Waals surface area contributed by atoms with Crippen LogP contribution in [0.1, 0.15) is 15.9 Å². The second kappa shape index (κ2) is 8.32. The van der Waals surface area contributed by atoms with Gasteiger partial charge in [-0.05, 0) is 60.2 Å². The highest BCUT2D eigenvalue weighted by Crippen LogP contribution is 2.24. The van der Waals surface area contributed by atoms with Gasteiger partial charge in [0.1, 0.15) is 5.82 Å². The van der Waals surface area contributed by atoms with E-state index in [0.29, 0.717) is 38.1 Å². The van der Waals surface area contributed by atoms with E-state index in [1.54, 1.807) is 48.5 Å². The van der Waals surface area contributed by atoms with Crippen LogP contribution in [0.4, 0.5) is 0 Å². The van der Waals surface area contributed by atoms with Gasteiger partial charge in [-0.15, -0.1) is 0 Å². The van der Waals surface area contributed by atoms with Gasteiger partial charge in [0.25, 0.3) is 0 Å². The standard InChI is InChI=1S/C21H16Cl2N4O3S/c22-16-7-1-12(9-17(16)23)11-25-31(29,30)15-5-2-13(3-6-15)21-26-18-8-4-14(20(24)28)10-19(18)27-21/h1-10,25H,11H2,(H2,24,28)(H,26,27). The zero-order valence-corrected chi connectivity index (χ0v) is 18.2. The molecule has 158 valence electrons. The fourth-order valence-corrected chi connectivity index (χ4v) is 4.34. The molecule has 0 bridgehead atoms. The van der Waals surface area contributed by atoms with Crippen LogP contribution in [0, 0.1) is 0 Å². The quantitative estimate of drug-likeness (QED) is 0.389. The first-order valence-corrected chi connectivity index (χ1v) is 11.3. The minimum atomic E-state index is -3.73. The number of carbonyl (C=O) groups excluding carboxylic acids is 1. The number of nitrogens with two attached hydrogens (primary N) is 1. The molecule has 0 unspecified atom stereocenters. The van der Waals surface area contributed by atoms with Crippen molar-refractivity contribution in [2.75, 3.05) is 0 Å². The van der Waals surface area contributed by atoms with Crippen molar-refractivity contribution in [1.29, 1.82) is 0 Å². The van der Waals surface area contributed by atoms with Gasteiger partial charge in [0, 0.05) is 17.7 Å². The molecule has 0 aliphatic heterocycles. The molecule has 1 heterocycles. The normalized spacial score (nSPS) is 11.7. The molecule has 0 saturated heterocycles. The molecule has 0 aliphatic rings. The summed E-state index contributed by atoms with van der Waals surface area (Å²) in [6.07, 6.45) is 0. The first-order valence-electron chi connectivity index (χ1n) is 9.06. The van der Waals surface area contributed by atoms with Gasteiger partial charge >= 0.3 is 0 Å². The van der Waals surface area contributed by atoms with Crippen LogP contribution in [0.25, 0.3) is 22.4 Å². The molecule has 7 nitrogen and oxygen atoms in total. The van der Waals surface area contributed by atoms with E-state index in [9.17, 15) is 13.2 Å². The van der Waals surface area contributed by atoms with Gasteiger partial charge in [-0.25, -0.2) is 18.1 Å². The molecule has 31 heavy (non-hydrogen) atoms. The van der Waals surface area contributed by atoms with Gasteiger partial charge < -0.3 is 10.7 Å². The van der Waals surface area contributed by atoms with Gasteiger partial charge in [0.05, 0.1) is 26.0 Å². The van der Waals surface area contributed by atoms with Crippen LogP contribution >= 0.6 is 23.2 Å². The maximum atomic E-state index is 12.6. The fourth-order valence-electron chi connectivity index (χ4n) is 3.00. The lowest BCUT2D eigenvalue weighted by atomic mass is 10.2. The Morgan fingerprint density at radius 2 is 1.74 bits per heavy atom. The second-order valence-corrected chi connectivity index (χ2v) is 9.36. The molecule has 1 amide bonds. The van der Waals surface area contributed by atoms with Gasteiger partial charge in [-0.2, -0.15) is 0 Å². The summed E-state index contributed by atoms with van der Waals surface area (Å²) in [5, 5.41) is 0.761. The Morgan fingerprint density at radius 1 is 1.00 bits per heavy atom. The number of primary amides is 1. The first kappa shape index (κ1) is 21.3. The number of H-pyrrole nitrogens is 1. The smallest absolute Gasteiger partial charge is 0.248 e. The highest BCUT2D eigenvalue weighted by molar-refractivity contribution is 7.89. The topological polar surface area (TPSA) is 118 Å². The van der Waals surface area contributed by atoms with Crippen molar-refractivity contribution in [2.45, 2.75) is 11.4 Å². The van der Waals surface area contributed by atoms with E-state index in [1.165, 1.54) is 12.1 Å². The van der Waals surface area contributed by atoms with Crippen molar-refractivity contribution in [2.24, 2.45) is 5.73 Å². The number of carbonyl (C=O) groups is 1. The lowest BCUT2D eigenvalue weighted by molar-refractivity contribution is 0.100. The zero-order valence-electron chi connectivity index (χ0n) is 15.9. The van der Waals surface area contributed by atoms with E-state index in [0.717, 1.165) is 5.52 Å². The molecule has 3 aromatic carbocycles. The average Bonchev–Trinajstić information content (AvgIpc) is 3.18. The summed E-state index contributed by atoms with van der Waals surface area (Å²) in [5.74, 6) is 0.0127. The summed E-state index contributed by atoms with van der Waals surface area (Å²) in [4.78, 5) is 19.1. The van der Waals surface area contributed by atoms with Crippen molar-refractivity contribution >= 4 is 50.2 Å². The van der Waals surface area contributed by atoms with Gasteiger partial charge in [-0.1, -0.05) is 29.3 Å². The van der Waals surface area contributed by atoms with Crippen molar-refractivity contribution < 1.29 is 13.2 Å². The van der Waals surface area contributed by atoms with E-state index >= 15 is 0 Å². The minimum absolute atomic E-state index is 0.0761. The van der Waals surface area contributed by atoms with Crippen LogP contribution in [0.2, 0.25) is 10.0 Å². The summed E-state index contributed by atoms with van der Waals surface area (Å²) < 4.78 is 27.8. The minimum Gasteiger partial charge on any atom is -0.366 e. The summed E-state index contributed by atoms with van der Waals surface area (Å²) in [6.45, 7) is 0.0761. The van der Waals surface area contributed by atoms with Crippen LogP contribution in [0.3, 0.4) is 0 Å². The summed E-state index contributed by atoms with van der Waals surface area (Å²) >= 11 is 11.8. The Morgan fingerprint density at radius 3 is 2.42 bits per heavy atom. The van der Waals surface area contributed by atoms with Crippen LogP contribution in [0.15, 0.2) is 65.6 Å². The van der Waals surface area contributed by atoms with E-state index in [2.05, 4.69) is 14.7 Å². The van der Waals surface area contributed by atoms with Crippen LogP contribution in [0.5, 0.6) is 0 Å². The fraction of sp³-hybridized carbons (Fsp3) is 0.0476. The van der Waals surface area contributed by atoms with E-state index in [1.807, 2.05) is 0 Å². The third kappa shape index (κ3) is 4.57. The predicted molar refractivity (Wildman–Crippen MR) is 121 cm³/mol. The molecule has 4 rings (SSSR count). The van der Waals surface area contributed by atoms with Crippen LogP contribution in [-0.2, 0) is 16.6 Å². The highest BCUT2D eigenvalue weighted by Gasteiger charge is 2.15. The average molecular weight is 475 g/mol.